The standard InChI is InChI=1S/C9H18N2O4/c1-8(2,3)10-4-9(5-12,11(13)14)6-15-7-10/h12H,4-7H2,1-3H3. The minimum Gasteiger partial charge on any atom is -0.389 e. The Balaban J connectivity index is 2.82. The quantitative estimate of drug-likeness (QED) is 0.525. The van der Waals surface area contributed by atoms with Gasteiger partial charge in [0.1, 0.15) is 19.9 Å². The average Bonchev–Trinajstić information content (AvgIpc) is 2.16. The third-order valence-electron chi connectivity index (χ3n) is 2.73. The lowest BCUT2D eigenvalue weighted by Crippen LogP contribution is -2.62. The van der Waals surface area contributed by atoms with Crippen molar-refractivity contribution in [1.82, 2.24) is 4.90 Å². The van der Waals surface area contributed by atoms with Gasteiger partial charge in [-0.1, -0.05) is 0 Å². The third-order valence-corrected chi connectivity index (χ3v) is 2.73. The van der Waals surface area contributed by atoms with Crippen LogP contribution in [0.25, 0.3) is 0 Å². The van der Waals surface area contributed by atoms with Crippen LogP contribution in [-0.2, 0) is 4.74 Å². The molecule has 0 aromatic heterocycles. The number of nitrogens with zero attached hydrogens (tertiary/aromatic N) is 2. The van der Waals surface area contributed by atoms with Crippen LogP contribution in [0.5, 0.6) is 0 Å². The fourth-order valence-corrected chi connectivity index (χ4v) is 1.49. The van der Waals surface area contributed by atoms with E-state index in [1.165, 1.54) is 0 Å². The van der Waals surface area contributed by atoms with Crippen LogP contribution in [0, 0.1) is 10.1 Å². The minimum absolute atomic E-state index is 0.0247. The molecule has 0 aromatic carbocycles. The molecule has 1 unspecified atom stereocenters. The molecule has 6 heteroatoms. The predicted molar refractivity (Wildman–Crippen MR) is 54.1 cm³/mol. The van der Waals surface area contributed by atoms with E-state index in [-0.39, 0.29) is 18.7 Å². The highest BCUT2D eigenvalue weighted by molar-refractivity contribution is 4.89. The first-order chi connectivity index (χ1) is 6.82. The highest BCUT2D eigenvalue weighted by Gasteiger charge is 2.49. The van der Waals surface area contributed by atoms with E-state index in [1.807, 2.05) is 25.7 Å². The highest BCUT2D eigenvalue weighted by Crippen LogP contribution is 2.23. The van der Waals surface area contributed by atoms with Gasteiger partial charge in [-0.2, -0.15) is 0 Å². The number of rotatable bonds is 2. The van der Waals surface area contributed by atoms with Crippen molar-refractivity contribution in [2.75, 3.05) is 26.5 Å². The Morgan fingerprint density at radius 2 is 2.20 bits per heavy atom. The number of hydrogen-bond donors (Lipinski definition) is 1. The number of aliphatic hydroxyl groups excluding tert-OH is 1. The molecule has 0 radical (unpaired) electrons. The summed E-state index contributed by atoms with van der Waals surface area (Å²) < 4.78 is 5.20. The summed E-state index contributed by atoms with van der Waals surface area (Å²) in [7, 11) is 0. The zero-order valence-corrected chi connectivity index (χ0v) is 9.39. The SMILES string of the molecule is CC(C)(C)N1COCC(CO)([N+](=O)[O-])C1. The summed E-state index contributed by atoms with van der Waals surface area (Å²) >= 11 is 0. The van der Waals surface area contributed by atoms with Gasteiger partial charge in [0.25, 0.3) is 5.54 Å². The fraction of sp³-hybridized carbons (Fsp3) is 1.00. The first-order valence-electron chi connectivity index (χ1n) is 4.90. The van der Waals surface area contributed by atoms with E-state index in [0.29, 0.717) is 6.73 Å². The minimum atomic E-state index is -1.37. The van der Waals surface area contributed by atoms with E-state index in [1.54, 1.807) is 0 Å². The molecule has 1 N–H and O–H groups in total. The molecular weight excluding hydrogens is 200 g/mol. The van der Waals surface area contributed by atoms with Crippen LogP contribution in [0.4, 0.5) is 0 Å². The lowest BCUT2D eigenvalue weighted by molar-refractivity contribution is -0.585. The Morgan fingerprint density at radius 3 is 2.60 bits per heavy atom. The van der Waals surface area contributed by atoms with Crippen molar-refractivity contribution in [2.24, 2.45) is 0 Å². The molecule has 0 amide bonds. The zero-order chi connectivity index (χ0) is 11.7. The first-order valence-corrected chi connectivity index (χ1v) is 4.90. The molecule has 15 heavy (non-hydrogen) atoms. The van der Waals surface area contributed by atoms with E-state index < -0.39 is 17.1 Å². The molecule has 1 saturated heterocycles. The molecule has 1 fully saturated rings. The van der Waals surface area contributed by atoms with Gasteiger partial charge >= 0.3 is 0 Å². The van der Waals surface area contributed by atoms with E-state index in [4.69, 9.17) is 9.84 Å². The highest BCUT2D eigenvalue weighted by atomic mass is 16.6. The second kappa shape index (κ2) is 4.03. The summed E-state index contributed by atoms with van der Waals surface area (Å²) in [6, 6.07) is 0. The second-order valence-electron chi connectivity index (χ2n) is 4.99. The van der Waals surface area contributed by atoms with Crippen molar-refractivity contribution in [1.29, 1.82) is 0 Å². The number of hydrogen-bond acceptors (Lipinski definition) is 5. The summed E-state index contributed by atoms with van der Waals surface area (Å²) in [4.78, 5) is 12.3. The van der Waals surface area contributed by atoms with Crippen molar-refractivity contribution in [3.63, 3.8) is 0 Å². The van der Waals surface area contributed by atoms with Crippen LogP contribution >= 0.6 is 0 Å². The Bertz CT molecular complexity index is 251. The van der Waals surface area contributed by atoms with Gasteiger partial charge in [-0.05, 0) is 20.8 Å². The molecule has 0 aliphatic carbocycles. The summed E-state index contributed by atoms with van der Waals surface area (Å²) in [5.74, 6) is 0. The first kappa shape index (κ1) is 12.4. The van der Waals surface area contributed by atoms with Gasteiger partial charge in [-0.3, -0.25) is 15.0 Å². The van der Waals surface area contributed by atoms with Crippen molar-refractivity contribution >= 4 is 0 Å². The molecule has 0 bridgehead atoms. The Hall–Kier alpha value is -0.720. The number of aliphatic hydroxyl groups is 1. The number of ether oxygens (including phenoxy) is 1. The van der Waals surface area contributed by atoms with Crippen LogP contribution in [0.1, 0.15) is 20.8 Å². The maximum Gasteiger partial charge on any atom is 0.280 e. The maximum absolute atomic E-state index is 10.9. The Morgan fingerprint density at radius 1 is 1.60 bits per heavy atom. The summed E-state index contributed by atoms with van der Waals surface area (Å²) in [5.41, 5.74) is -1.57. The summed E-state index contributed by atoms with van der Waals surface area (Å²) in [6.45, 7) is 5.96. The monoisotopic (exact) mass is 218 g/mol. The van der Waals surface area contributed by atoms with Gasteiger partial charge in [0.05, 0.1) is 6.54 Å². The molecule has 6 nitrogen and oxygen atoms in total. The van der Waals surface area contributed by atoms with Gasteiger partial charge < -0.3 is 9.84 Å². The summed E-state index contributed by atoms with van der Waals surface area (Å²) in [5, 5.41) is 20.1. The molecule has 1 atom stereocenters. The van der Waals surface area contributed by atoms with Crippen molar-refractivity contribution in [3.05, 3.63) is 10.1 Å². The second-order valence-corrected chi connectivity index (χ2v) is 4.99. The Labute approximate surface area is 89.0 Å². The van der Waals surface area contributed by atoms with Crippen LogP contribution in [0.2, 0.25) is 0 Å². The van der Waals surface area contributed by atoms with Crippen molar-refractivity contribution < 1.29 is 14.8 Å². The van der Waals surface area contributed by atoms with Crippen LogP contribution in [-0.4, -0.2) is 52.5 Å². The largest absolute Gasteiger partial charge is 0.389 e. The van der Waals surface area contributed by atoms with Gasteiger partial charge in [0, 0.05) is 10.5 Å². The molecule has 1 aliphatic rings. The fourth-order valence-electron chi connectivity index (χ4n) is 1.49. The average molecular weight is 218 g/mol. The predicted octanol–water partition coefficient (Wildman–Crippen LogP) is 0.0824. The topological polar surface area (TPSA) is 75.8 Å². The smallest absolute Gasteiger partial charge is 0.280 e. The molecular formula is C9H18N2O4. The van der Waals surface area contributed by atoms with Gasteiger partial charge in [0.15, 0.2) is 0 Å². The maximum atomic E-state index is 10.9. The zero-order valence-electron chi connectivity index (χ0n) is 9.39. The third kappa shape index (κ3) is 2.45. The molecule has 1 aliphatic heterocycles. The van der Waals surface area contributed by atoms with Crippen LogP contribution in [0.15, 0.2) is 0 Å². The van der Waals surface area contributed by atoms with E-state index in [9.17, 15) is 10.1 Å². The van der Waals surface area contributed by atoms with Crippen molar-refractivity contribution in [3.8, 4) is 0 Å². The Kier molecular flexibility index (Phi) is 3.32. The lowest BCUT2D eigenvalue weighted by Gasteiger charge is -2.42. The summed E-state index contributed by atoms with van der Waals surface area (Å²) in [6.07, 6.45) is 0. The molecule has 0 aromatic rings. The number of nitro groups is 1. The van der Waals surface area contributed by atoms with Crippen molar-refractivity contribution in [2.45, 2.75) is 31.8 Å². The van der Waals surface area contributed by atoms with Crippen LogP contribution < -0.4 is 0 Å². The molecule has 88 valence electrons. The van der Waals surface area contributed by atoms with E-state index in [0.717, 1.165) is 0 Å². The van der Waals surface area contributed by atoms with Crippen LogP contribution in [0.3, 0.4) is 0 Å². The molecule has 1 rings (SSSR count). The molecule has 0 saturated carbocycles. The normalized spacial score (nSPS) is 29.1. The van der Waals surface area contributed by atoms with Gasteiger partial charge in [-0.15, -0.1) is 0 Å². The van der Waals surface area contributed by atoms with E-state index >= 15 is 0 Å². The van der Waals surface area contributed by atoms with Gasteiger partial charge in [-0.25, -0.2) is 0 Å². The molecule has 0 spiro atoms. The van der Waals surface area contributed by atoms with E-state index in [2.05, 4.69) is 0 Å². The molecule has 1 heterocycles. The lowest BCUT2D eigenvalue weighted by atomic mass is 9.97. The van der Waals surface area contributed by atoms with Gasteiger partial charge in [0.2, 0.25) is 0 Å².